The number of ether oxygens (including phenoxy) is 1. The van der Waals surface area contributed by atoms with Gasteiger partial charge in [-0.05, 0) is 31.5 Å². The van der Waals surface area contributed by atoms with Gasteiger partial charge in [0.05, 0.1) is 10.9 Å². The topological polar surface area (TPSA) is 44.1 Å². The van der Waals surface area contributed by atoms with Crippen LogP contribution in [0.2, 0.25) is 5.02 Å². The molecule has 0 N–H and O–H groups in total. The second-order valence-electron chi connectivity index (χ2n) is 5.10. The average molecular weight is 339 g/mol. The SMILES string of the molecule is C=C(C)CSc1nc2cc(Cl)ccc2c(=O)n1CCCOC. The van der Waals surface area contributed by atoms with E-state index in [-0.39, 0.29) is 5.56 Å². The number of methoxy groups -OCH3 is 1. The van der Waals surface area contributed by atoms with E-state index in [0.717, 1.165) is 17.7 Å². The predicted molar refractivity (Wildman–Crippen MR) is 93.0 cm³/mol. The molecule has 4 nitrogen and oxygen atoms in total. The first-order valence-electron chi connectivity index (χ1n) is 6.99. The molecule has 1 heterocycles. The first-order chi connectivity index (χ1) is 10.5. The predicted octanol–water partition coefficient (Wildman–Crippen LogP) is 3.75. The smallest absolute Gasteiger partial charge is 0.262 e. The third-order valence-electron chi connectivity index (χ3n) is 3.06. The molecule has 0 atom stereocenters. The van der Waals surface area contributed by atoms with Crippen LogP contribution in [0, 0.1) is 0 Å². The van der Waals surface area contributed by atoms with E-state index in [1.54, 1.807) is 29.9 Å². The van der Waals surface area contributed by atoms with E-state index in [4.69, 9.17) is 16.3 Å². The van der Waals surface area contributed by atoms with Gasteiger partial charge in [-0.25, -0.2) is 4.98 Å². The average Bonchev–Trinajstić information content (AvgIpc) is 2.47. The number of aromatic nitrogens is 2. The summed E-state index contributed by atoms with van der Waals surface area (Å²) in [4.78, 5) is 17.3. The molecule has 0 saturated carbocycles. The second kappa shape index (κ2) is 7.81. The lowest BCUT2D eigenvalue weighted by Crippen LogP contribution is -2.24. The molecule has 0 amide bonds. The molecule has 0 aliphatic rings. The fraction of sp³-hybridized carbons (Fsp3) is 0.375. The molecule has 22 heavy (non-hydrogen) atoms. The Morgan fingerprint density at radius 2 is 2.27 bits per heavy atom. The van der Waals surface area contributed by atoms with Gasteiger partial charge in [0.1, 0.15) is 0 Å². The van der Waals surface area contributed by atoms with E-state index in [9.17, 15) is 4.79 Å². The molecule has 1 aromatic heterocycles. The maximum Gasteiger partial charge on any atom is 0.262 e. The quantitative estimate of drug-likeness (QED) is 0.334. The Balaban J connectivity index is 2.48. The molecular formula is C16H19ClN2O2S. The Morgan fingerprint density at radius 3 is 2.95 bits per heavy atom. The Morgan fingerprint density at radius 1 is 1.50 bits per heavy atom. The van der Waals surface area contributed by atoms with E-state index in [1.165, 1.54) is 11.8 Å². The Hall–Kier alpha value is -1.30. The number of rotatable bonds is 7. The zero-order valence-electron chi connectivity index (χ0n) is 12.8. The molecule has 0 aliphatic carbocycles. The summed E-state index contributed by atoms with van der Waals surface area (Å²) in [5.74, 6) is 0.725. The van der Waals surface area contributed by atoms with Crippen LogP contribution < -0.4 is 5.56 Å². The maximum atomic E-state index is 12.7. The van der Waals surface area contributed by atoms with Gasteiger partial charge >= 0.3 is 0 Å². The molecule has 0 unspecified atom stereocenters. The fourth-order valence-electron chi connectivity index (χ4n) is 2.04. The van der Waals surface area contributed by atoms with Crippen molar-refractivity contribution in [3.05, 3.63) is 45.7 Å². The monoisotopic (exact) mass is 338 g/mol. The number of hydrogen-bond donors (Lipinski definition) is 0. The first-order valence-corrected chi connectivity index (χ1v) is 8.35. The number of fused-ring (bicyclic) bond motifs is 1. The lowest BCUT2D eigenvalue weighted by molar-refractivity contribution is 0.189. The lowest BCUT2D eigenvalue weighted by Gasteiger charge is -2.13. The zero-order valence-corrected chi connectivity index (χ0v) is 14.3. The van der Waals surface area contributed by atoms with Crippen LogP contribution in [-0.4, -0.2) is 29.0 Å². The lowest BCUT2D eigenvalue weighted by atomic mass is 10.2. The molecule has 0 saturated heterocycles. The van der Waals surface area contributed by atoms with Crippen molar-refractivity contribution in [3.8, 4) is 0 Å². The summed E-state index contributed by atoms with van der Waals surface area (Å²) in [5.41, 5.74) is 1.63. The van der Waals surface area contributed by atoms with Gasteiger partial charge in [-0.2, -0.15) is 0 Å². The van der Waals surface area contributed by atoms with Gasteiger partial charge in [0.2, 0.25) is 0 Å². The highest BCUT2D eigenvalue weighted by molar-refractivity contribution is 7.99. The molecule has 0 radical (unpaired) electrons. The van der Waals surface area contributed by atoms with Gasteiger partial charge in [-0.15, -0.1) is 0 Å². The van der Waals surface area contributed by atoms with Gasteiger partial charge in [0.25, 0.3) is 5.56 Å². The molecule has 0 aliphatic heterocycles. The Bertz CT molecular complexity index is 743. The third-order valence-corrected chi connectivity index (χ3v) is 4.50. The summed E-state index contributed by atoms with van der Waals surface area (Å²) in [7, 11) is 1.65. The first kappa shape index (κ1) is 17.1. The summed E-state index contributed by atoms with van der Waals surface area (Å²) in [6.07, 6.45) is 0.762. The molecule has 0 spiro atoms. The van der Waals surface area contributed by atoms with Crippen LogP contribution in [0.25, 0.3) is 10.9 Å². The van der Waals surface area contributed by atoms with Gasteiger partial charge in [0, 0.05) is 31.0 Å². The summed E-state index contributed by atoms with van der Waals surface area (Å²) < 4.78 is 6.78. The highest BCUT2D eigenvalue weighted by Gasteiger charge is 2.12. The second-order valence-corrected chi connectivity index (χ2v) is 6.48. The Labute approximate surface area is 139 Å². The number of nitrogens with zero attached hydrogens (tertiary/aromatic N) is 2. The third kappa shape index (κ3) is 4.12. The maximum absolute atomic E-state index is 12.7. The summed E-state index contributed by atoms with van der Waals surface area (Å²) in [6, 6.07) is 5.17. The van der Waals surface area contributed by atoms with Crippen LogP contribution in [0.5, 0.6) is 0 Å². The van der Waals surface area contributed by atoms with Crippen molar-refractivity contribution >= 4 is 34.3 Å². The van der Waals surface area contributed by atoms with Crippen LogP contribution in [0.4, 0.5) is 0 Å². The van der Waals surface area contributed by atoms with Crippen LogP contribution in [0.1, 0.15) is 13.3 Å². The number of halogens is 1. The molecule has 2 aromatic rings. The van der Waals surface area contributed by atoms with Gasteiger partial charge < -0.3 is 4.74 Å². The van der Waals surface area contributed by atoms with Gasteiger partial charge in [-0.3, -0.25) is 9.36 Å². The number of hydrogen-bond acceptors (Lipinski definition) is 4. The van der Waals surface area contributed by atoms with Crippen molar-refractivity contribution in [3.63, 3.8) is 0 Å². The van der Waals surface area contributed by atoms with Crippen molar-refractivity contribution in [2.45, 2.75) is 25.0 Å². The molecule has 2 rings (SSSR count). The number of thioether (sulfide) groups is 1. The van der Waals surface area contributed by atoms with E-state index in [2.05, 4.69) is 11.6 Å². The van der Waals surface area contributed by atoms with Crippen LogP contribution in [0.15, 0.2) is 40.3 Å². The summed E-state index contributed by atoms with van der Waals surface area (Å²) in [6.45, 7) is 7.04. The molecular weight excluding hydrogens is 320 g/mol. The Kier molecular flexibility index (Phi) is 6.06. The highest BCUT2D eigenvalue weighted by atomic mass is 35.5. The zero-order chi connectivity index (χ0) is 16.1. The number of benzene rings is 1. The van der Waals surface area contributed by atoms with Crippen molar-refractivity contribution in [2.24, 2.45) is 0 Å². The van der Waals surface area contributed by atoms with Crippen LogP contribution in [-0.2, 0) is 11.3 Å². The normalized spacial score (nSPS) is 11.0. The molecule has 118 valence electrons. The van der Waals surface area contributed by atoms with Crippen molar-refractivity contribution < 1.29 is 4.74 Å². The minimum Gasteiger partial charge on any atom is -0.385 e. The van der Waals surface area contributed by atoms with Crippen LogP contribution >= 0.6 is 23.4 Å². The minimum absolute atomic E-state index is 0.0398. The fourth-order valence-corrected chi connectivity index (χ4v) is 3.07. The molecule has 0 bridgehead atoms. The van der Waals surface area contributed by atoms with Crippen LogP contribution in [0.3, 0.4) is 0 Å². The standard InChI is InChI=1S/C16H19ClN2O2S/c1-11(2)10-22-16-18-14-9-12(17)5-6-13(14)15(20)19(16)7-4-8-21-3/h5-6,9H,1,4,7-8,10H2,2-3H3. The van der Waals surface area contributed by atoms with Gasteiger partial charge in [-0.1, -0.05) is 35.5 Å². The van der Waals surface area contributed by atoms with E-state index >= 15 is 0 Å². The van der Waals surface area contributed by atoms with E-state index < -0.39 is 0 Å². The van der Waals surface area contributed by atoms with Crippen molar-refractivity contribution in [1.82, 2.24) is 9.55 Å². The summed E-state index contributed by atoms with van der Waals surface area (Å²) >= 11 is 7.52. The van der Waals surface area contributed by atoms with Crippen molar-refractivity contribution in [1.29, 1.82) is 0 Å². The molecule has 1 aromatic carbocycles. The highest BCUT2D eigenvalue weighted by Crippen LogP contribution is 2.21. The van der Waals surface area contributed by atoms with E-state index in [0.29, 0.717) is 34.2 Å². The minimum atomic E-state index is -0.0398. The van der Waals surface area contributed by atoms with Crippen molar-refractivity contribution in [2.75, 3.05) is 19.5 Å². The van der Waals surface area contributed by atoms with E-state index in [1.807, 2.05) is 6.92 Å². The molecule has 6 heteroatoms. The largest absolute Gasteiger partial charge is 0.385 e. The molecule has 0 fully saturated rings. The van der Waals surface area contributed by atoms with Gasteiger partial charge in [0.15, 0.2) is 5.16 Å². The summed E-state index contributed by atoms with van der Waals surface area (Å²) in [5, 5.41) is 1.85.